The molecule has 30 heavy (non-hydrogen) atoms. The van der Waals surface area contributed by atoms with Gasteiger partial charge in [-0.3, -0.25) is 0 Å². The first-order valence-corrected chi connectivity index (χ1v) is 11.8. The van der Waals surface area contributed by atoms with Crippen LogP contribution in [-0.4, -0.2) is 13.0 Å². The molecule has 1 aromatic heterocycles. The molecule has 0 N–H and O–H groups in total. The van der Waals surface area contributed by atoms with Gasteiger partial charge in [-0.2, -0.15) is 8.42 Å². The van der Waals surface area contributed by atoms with Gasteiger partial charge < -0.3 is 4.57 Å². The van der Waals surface area contributed by atoms with Crippen molar-refractivity contribution in [3.63, 3.8) is 0 Å². The maximum atomic E-state index is 12.9. The van der Waals surface area contributed by atoms with E-state index in [1.54, 1.807) is 30.3 Å². The SMILES string of the molecule is Cc1ccc(-c2c(-c3ccccc3)sc(=NS(=O)(=O)c3ccccc3)n2C)cc1C. The Morgan fingerprint density at radius 2 is 1.43 bits per heavy atom. The number of thiazole rings is 1. The van der Waals surface area contributed by atoms with Gasteiger partial charge >= 0.3 is 0 Å². The van der Waals surface area contributed by atoms with E-state index in [2.05, 4.69) is 36.4 Å². The maximum Gasteiger partial charge on any atom is 0.285 e. The van der Waals surface area contributed by atoms with E-state index in [0.29, 0.717) is 4.80 Å². The second kappa shape index (κ2) is 8.05. The van der Waals surface area contributed by atoms with E-state index in [1.807, 2.05) is 41.9 Å². The number of sulfonamides is 1. The molecule has 0 aliphatic rings. The van der Waals surface area contributed by atoms with E-state index in [0.717, 1.165) is 21.7 Å². The van der Waals surface area contributed by atoms with Gasteiger partial charge in [0.15, 0.2) is 0 Å². The molecule has 0 aliphatic heterocycles. The molecule has 0 spiro atoms. The predicted molar refractivity (Wildman–Crippen MR) is 123 cm³/mol. The van der Waals surface area contributed by atoms with E-state index < -0.39 is 10.0 Å². The molecule has 4 nitrogen and oxygen atoms in total. The third-order valence-electron chi connectivity index (χ3n) is 5.09. The van der Waals surface area contributed by atoms with Crippen molar-refractivity contribution in [2.24, 2.45) is 11.4 Å². The van der Waals surface area contributed by atoms with Crippen LogP contribution in [0.2, 0.25) is 0 Å². The predicted octanol–water partition coefficient (Wildman–Crippen LogP) is 5.33. The quantitative estimate of drug-likeness (QED) is 0.436. The monoisotopic (exact) mass is 434 g/mol. The lowest BCUT2D eigenvalue weighted by molar-refractivity contribution is 0.596. The summed E-state index contributed by atoms with van der Waals surface area (Å²) in [6.45, 7) is 4.16. The van der Waals surface area contributed by atoms with E-state index in [1.165, 1.54) is 22.5 Å². The maximum absolute atomic E-state index is 12.9. The second-order valence-corrected chi connectivity index (χ2v) is 9.75. The molecule has 4 aromatic rings. The molecule has 4 rings (SSSR count). The Kier molecular flexibility index (Phi) is 5.45. The Morgan fingerprint density at radius 3 is 2.07 bits per heavy atom. The third-order valence-corrected chi connectivity index (χ3v) is 7.66. The van der Waals surface area contributed by atoms with Crippen LogP contribution in [-0.2, 0) is 17.1 Å². The Hall–Kier alpha value is -2.96. The number of hydrogen-bond donors (Lipinski definition) is 0. The summed E-state index contributed by atoms with van der Waals surface area (Å²) >= 11 is 1.38. The summed E-state index contributed by atoms with van der Waals surface area (Å²) in [5.41, 5.74) is 5.43. The third kappa shape index (κ3) is 3.88. The number of benzene rings is 3. The molecule has 0 atom stereocenters. The van der Waals surface area contributed by atoms with E-state index in [4.69, 9.17) is 0 Å². The topological polar surface area (TPSA) is 51.4 Å². The van der Waals surface area contributed by atoms with Crippen LogP contribution < -0.4 is 4.80 Å². The van der Waals surface area contributed by atoms with E-state index in [-0.39, 0.29) is 4.90 Å². The van der Waals surface area contributed by atoms with Crippen molar-refractivity contribution < 1.29 is 8.42 Å². The van der Waals surface area contributed by atoms with Crippen LogP contribution >= 0.6 is 11.3 Å². The molecule has 0 radical (unpaired) electrons. The normalized spacial score (nSPS) is 12.3. The number of aromatic nitrogens is 1. The molecule has 3 aromatic carbocycles. The fraction of sp³-hybridized carbons (Fsp3) is 0.125. The Morgan fingerprint density at radius 1 is 0.800 bits per heavy atom. The molecule has 152 valence electrons. The second-order valence-electron chi connectivity index (χ2n) is 7.17. The molecule has 0 fully saturated rings. The number of rotatable bonds is 4. The minimum absolute atomic E-state index is 0.187. The van der Waals surface area contributed by atoms with Crippen LogP contribution in [0, 0.1) is 13.8 Å². The summed E-state index contributed by atoms with van der Waals surface area (Å²) in [5.74, 6) is 0. The number of aryl methyl sites for hydroxylation is 2. The summed E-state index contributed by atoms with van der Waals surface area (Å²) in [4.78, 5) is 1.61. The standard InChI is InChI=1S/C24H22N2O2S2/c1-17-14-15-20(16-18(17)2)22-23(19-10-6-4-7-11-19)29-24(26(22)3)25-30(27,28)21-12-8-5-9-13-21/h4-16H,1-3H3. The van der Waals surface area contributed by atoms with Gasteiger partial charge in [-0.1, -0.05) is 72.0 Å². The van der Waals surface area contributed by atoms with Crippen LogP contribution in [0.3, 0.4) is 0 Å². The summed E-state index contributed by atoms with van der Waals surface area (Å²) in [6, 6.07) is 24.6. The van der Waals surface area contributed by atoms with E-state index >= 15 is 0 Å². The lowest BCUT2D eigenvalue weighted by Gasteiger charge is -2.09. The zero-order chi connectivity index (χ0) is 21.3. The van der Waals surface area contributed by atoms with Crippen molar-refractivity contribution in [3.05, 3.63) is 94.8 Å². The first-order valence-electron chi connectivity index (χ1n) is 9.56. The largest absolute Gasteiger partial charge is 0.318 e. The molecule has 0 bridgehead atoms. The zero-order valence-electron chi connectivity index (χ0n) is 17.0. The van der Waals surface area contributed by atoms with Crippen molar-refractivity contribution in [3.8, 4) is 21.7 Å². The average molecular weight is 435 g/mol. The molecule has 0 saturated carbocycles. The highest BCUT2D eigenvalue weighted by Crippen LogP contribution is 2.35. The summed E-state index contributed by atoms with van der Waals surface area (Å²) in [5, 5.41) is 0. The van der Waals surface area contributed by atoms with Gasteiger partial charge in [-0.15, -0.1) is 4.40 Å². The highest BCUT2D eigenvalue weighted by Gasteiger charge is 2.18. The number of nitrogens with zero attached hydrogens (tertiary/aromatic N) is 2. The summed E-state index contributed by atoms with van der Waals surface area (Å²) in [6.07, 6.45) is 0. The summed E-state index contributed by atoms with van der Waals surface area (Å²) < 4.78 is 31.8. The van der Waals surface area contributed by atoms with Crippen molar-refractivity contribution in [2.45, 2.75) is 18.7 Å². The van der Waals surface area contributed by atoms with Crippen LogP contribution in [0.25, 0.3) is 21.7 Å². The van der Waals surface area contributed by atoms with Gasteiger partial charge in [0, 0.05) is 7.05 Å². The van der Waals surface area contributed by atoms with E-state index in [9.17, 15) is 8.42 Å². The lowest BCUT2D eigenvalue weighted by atomic mass is 10.0. The van der Waals surface area contributed by atoms with Crippen LogP contribution in [0.15, 0.2) is 88.2 Å². The van der Waals surface area contributed by atoms with Crippen molar-refractivity contribution >= 4 is 21.4 Å². The van der Waals surface area contributed by atoms with Crippen LogP contribution in [0.1, 0.15) is 11.1 Å². The van der Waals surface area contributed by atoms with Crippen molar-refractivity contribution in [2.75, 3.05) is 0 Å². The first kappa shape index (κ1) is 20.3. The highest BCUT2D eigenvalue weighted by molar-refractivity contribution is 7.90. The minimum Gasteiger partial charge on any atom is -0.318 e. The molecule has 6 heteroatoms. The molecule has 0 amide bonds. The Bertz CT molecular complexity index is 1370. The fourth-order valence-corrected chi connectivity index (χ4v) is 5.68. The Balaban J connectivity index is 1.99. The fourth-order valence-electron chi connectivity index (χ4n) is 3.28. The summed E-state index contributed by atoms with van der Waals surface area (Å²) in [7, 11) is -1.94. The van der Waals surface area contributed by atoms with Gasteiger partial charge in [-0.25, -0.2) is 0 Å². The molecular formula is C24H22N2O2S2. The van der Waals surface area contributed by atoms with Crippen LogP contribution in [0.5, 0.6) is 0 Å². The van der Waals surface area contributed by atoms with Crippen molar-refractivity contribution in [1.82, 2.24) is 4.57 Å². The molecule has 1 heterocycles. The van der Waals surface area contributed by atoms with Crippen LogP contribution in [0.4, 0.5) is 0 Å². The average Bonchev–Trinajstić information content (AvgIpc) is 3.07. The van der Waals surface area contributed by atoms with Gasteiger partial charge in [0.1, 0.15) is 0 Å². The number of hydrogen-bond acceptors (Lipinski definition) is 3. The van der Waals surface area contributed by atoms with Gasteiger partial charge in [0.25, 0.3) is 10.0 Å². The van der Waals surface area contributed by atoms with Gasteiger partial charge in [-0.05, 0) is 54.3 Å². The zero-order valence-corrected chi connectivity index (χ0v) is 18.7. The minimum atomic E-state index is -3.80. The highest BCUT2D eigenvalue weighted by atomic mass is 32.2. The molecular weight excluding hydrogens is 412 g/mol. The molecule has 0 unspecified atom stereocenters. The first-order chi connectivity index (χ1) is 14.4. The lowest BCUT2D eigenvalue weighted by Crippen LogP contribution is -2.14. The van der Waals surface area contributed by atoms with Gasteiger partial charge in [0.2, 0.25) is 4.80 Å². The molecule has 0 saturated heterocycles. The smallest absolute Gasteiger partial charge is 0.285 e. The molecule has 0 aliphatic carbocycles. The van der Waals surface area contributed by atoms with Crippen molar-refractivity contribution in [1.29, 1.82) is 0 Å². The Labute approximate surface area is 180 Å². The van der Waals surface area contributed by atoms with Gasteiger partial charge in [0.05, 0.1) is 15.5 Å².